The second-order valence-corrected chi connectivity index (χ2v) is 8.30. The number of thioether (sulfide) groups is 1. The number of hydrogen-bond acceptors (Lipinski definition) is 4. The third kappa shape index (κ3) is 4.62. The molecule has 2 aliphatic rings. The van der Waals surface area contributed by atoms with Crippen molar-refractivity contribution in [3.05, 3.63) is 54.1 Å². The summed E-state index contributed by atoms with van der Waals surface area (Å²) < 4.78 is 0. The number of anilines is 2. The second-order valence-electron chi connectivity index (χ2n) is 7.42. The topological polar surface area (TPSA) is 78.5 Å². The van der Waals surface area contributed by atoms with Crippen LogP contribution in [0.4, 0.5) is 11.4 Å². The SMILES string of the molecule is CSc1ccc(N2C[C@H](C(=O)Nc3ccc(C(=O)NC4CC4)cc3)CC2=O)cc1. The second kappa shape index (κ2) is 8.29. The van der Waals surface area contributed by atoms with E-state index < -0.39 is 5.92 Å². The van der Waals surface area contributed by atoms with Gasteiger partial charge >= 0.3 is 0 Å². The molecular weight excluding hydrogens is 386 g/mol. The van der Waals surface area contributed by atoms with Crippen LogP contribution in [0.5, 0.6) is 0 Å². The highest BCUT2D eigenvalue weighted by Crippen LogP contribution is 2.28. The van der Waals surface area contributed by atoms with Crippen molar-refractivity contribution in [2.24, 2.45) is 5.92 Å². The van der Waals surface area contributed by atoms with Crippen LogP contribution in [0.15, 0.2) is 53.4 Å². The van der Waals surface area contributed by atoms with Gasteiger partial charge in [0.2, 0.25) is 11.8 Å². The van der Waals surface area contributed by atoms with Crippen molar-refractivity contribution >= 4 is 40.9 Å². The number of nitrogens with one attached hydrogen (secondary N) is 2. The van der Waals surface area contributed by atoms with Crippen LogP contribution >= 0.6 is 11.8 Å². The lowest BCUT2D eigenvalue weighted by molar-refractivity contribution is -0.122. The highest BCUT2D eigenvalue weighted by molar-refractivity contribution is 7.98. The number of nitrogens with zero attached hydrogens (tertiary/aromatic N) is 1. The molecule has 1 heterocycles. The monoisotopic (exact) mass is 409 g/mol. The van der Waals surface area contributed by atoms with Gasteiger partial charge in [0.25, 0.3) is 5.91 Å². The Morgan fingerprint density at radius 3 is 2.34 bits per heavy atom. The van der Waals surface area contributed by atoms with Crippen LogP contribution < -0.4 is 15.5 Å². The molecule has 1 aliphatic carbocycles. The third-order valence-electron chi connectivity index (χ3n) is 5.21. The molecule has 29 heavy (non-hydrogen) atoms. The predicted octanol–water partition coefficient (Wildman–Crippen LogP) is 3.29. The van der Waals surface area contributed by atoms with Gasteiger partial charge in [-0.3, -0.25) is 14.4 Å². The summed E-state index contributed by atoms with van der Waals surface area (Å²) in [7, 11) is 0. The maximum absolute atomic E-state index is 12.6. The largest absolute Gasteiger partial charge is 0.349 e. The van der Waals surface area contributed by atoms with Crippen LogP contribution in [0.3, 0.4) is 0 Å². The standard InChI is InChI=1S/C22H23N3O3S/c1-29-19-10-8-18(9-11-19)25-13-15(12-20(25)26)22(28)24-16-4-2-14(3-5-16)21(27)23-17-6-7-17/h2-5,8-11,15,17H,6-7,12-13H2,1H3,(H,23,27)(H,24,28)/t15-/m1/s1. The Labute approximate surface area is 174 Å². The first-order valence-corrected chi connectivity index (χ1v) is 10.9. The first-order valence-electron chi connectivity index (χ1n) is 9.69. The smallest absolute Gasteiger partial charge is 0.251 e. The molecule has 2 aromatic rings. The number of amides is 3. The van der Waals surface area contributed by atoms with E-state index in [-0.39, 0.29) is 24.1 Å². The molecule has 1 saturated heterocycles. The molecule has 1 atom stereocenters. The minimum Gasteiger partial charge on any atom is -0.349 e. The summed E-state index contributed by atoms with van der Waals surface area (Å²) in [6, 6.07) is 14.9. The molecule has 7 heteroatoms. The molecule has 0 bridgehead atoms. The fourth-order valence-electron chi connectivity index (χ4n) is 3.34. The molecule has 3 amide bonds. The Bertz CT molecular complexity index is 923. The maximum Gasteiger partial charge on any atom is 0.251 e. The van der Waals surface area contributed by atoms with Gasteiger partial charge in [-0.2, -0.15) is 0 Å². The van der Waals surface area contributed by atoms with E-state index in [0.717, 1.165) is 23.4 Å². The molecule has 0 radical (unpaired) electrons. The minimum atomic E-state index is -0.402. The lowest BCUT2D eigenvalue weighted by Gasteiger charge is -2.17. The van der Waals surface area contributed by atoms with Crippen molar-refractivity contribution in [3.63, 3.8) is 0 Å². The van der Waals surface area contributed by atoms with Crippen molar-refractivity contribution in [3.8, 4) is 0 Å². The van der Waals surface area contributed by atoms with Gasteiger partial charge < -0.3 is 15.5 Å². The first-order chi connectivity index (χ1) is 14.0. The maximum atomic E-state index is 12.6. The zero-order valence-corrected chi connectivity index (χ0v) is 17.0. The Kier molecular flexibility index (Phi) is 5.58. The molecule has 1 saturated carbocycles. The van der Waals surface area contributed by atoms with E-state index in [2.05, 4.69) is 10.6 Å². The van der Waals surface area contributed by atoms with Gasteiger partial charge in [-0.25, -0.2) is 0 Å². The Morgan fingerprint density at radius 1 is 1.03 bits per heavy atom. The van der Waals surface area contributed by atoms with Gasteiger partial charge in [-0.1, -0.05) is 0 Å². The van der Waals surface area contributed by atoms with Crippen molar-refractivity contribution < 1.29 is 14.4 Å². The van der Waals surface area contributed by atoms with E-state index in [1.165, 1.54) is 0 Å². The van der Waals surface area contributed by atoms with Crippen molar-refractivity contribution in [1.82, 2.24) is 5.32 Å². The molecule has 2 fully saturated rings. The van der Waals surface area contributed by atoms with Gasteiger partial charge in [0.05, 0.1) is 5.92 Å². The fourth-order valence-corrected chi connectivity index (χ4v) is 3.75. The lowest BCUT2D eigenvalue weighted by Crippen LogP contribution is -2.28. The molecule has 1 aliphatic heterocycles. The van der Waals surface area contributed by atoms with Gasteiger partial charge in [0, 0.05) is 40.8 Å². The molecule has 0 unspecified atom stereocenters. The predicted molar refractivity (Wildman–Crippen MR) is 114 cm³/mol. The molecule has 6 nitrogen and oxygen atoms in total. The summed E-state index contributed by atoms with van der Waals surface area (Å²) in [5, 5.41) is 5.80. The Morgan fingerprint density at radius 2 is 1.72 bits per heavy atom. The van der Waals surface area contributed by atoms with E-state index in [9.17, 15) is 14.4 Å². The van der Waals surface area contributed by atoms with Crippen molar-refractivity contribution in [2.75, 3.05) is 23.0 Å². The molecule has 4 rings (SSSR count). The van der Waals surface area contributed by atoms with Crippen LogP contribution in [-0.2, 0) is 9.59 Å². The van der Waals surface area contributed by atoms with E-state index >= 15 is 0 Å². The van der Waals surface area contributed by atoms with Gasteiger partial charge in [0.1, 0.15) is 0 Å². The Hall–Kier alpha value is -2.80. The Balaban J connectivity index is 1.35. The van der Waals surface area contributed by atoms with E-state index in [1.807, 2.05) is 30.5 Å². The summed E-state index contributed by atoms with van der Waals surface area (Å²) >= 11 is 1.64. The zero-order chi connectivity index (χ0) is 20.4. The average molecular weight is 410 g/mol. The van der Waals surface area contributed by atoms with Gasteiger partial charge in [-0.15, -0.1) is 11.8 Å². The highest BCUT2D eigenvalue weighted by atomic mass is 32.2. The molecule has 150 valence electrons. The number of carbonyl (C=O) groups is 3. The first kappa shape index (κ1) is 19.5. The van der Waals surface area contributed by atoms with Crippen LogP contribution in [-0.4, -0.2) is 36.6 Å². The van der Waals surface area contributed by atoms with E-state index in [1.54, 1.807) is 40.9 Å². The molecular formula is C22H23N3O3S. The number of benzene rings is 2. The molecule has 2 aromatic carbocycles. The van der Waals surface area contributed by atoms with Crippen LogP contribution in [0, 0.1) is 5.92 Å². The van der Waals surface area contributed by atoms with Gasteiger partial charge in [-0.05, 0) is 67.6 Å². The lowest BCUT2D eigenvalue weighted by atomic mass is 10.1. The van der Waals surface area contributed by atoms with E-state index in [0.29, 0.717) is 23.8 Å². The normalized spacial score (nSPS) is 18.6. The molecule has 0 aromatic heterocycles. The number of carbonyl (C=O) groups excluding carboxylic acids is 3. The summed E-state index contributed by atoms with van der Waals surface area (Å²) in [5.74, 6) is -0.721. The molecule has 0 spiro atoms. The van der Waals surface area contributed by atoms with Crippen LogP contribution in [0.2, 0.25) is 0 Å². The fraction of sp³-hybridized carbons (Fsp3) is 0.318. The number of hydrogen-bond donors (Lipinski definition) is 2. The zero-order valence-electron chi connectivity index (χ0n) is 16.2. The van der Waals surface area contributed by atoms with Crippen LogP contribution in [0.1, 0.15) is 29.6 Å². The number of rotatable bonds is 6. The quantitative estimate of drug-likeness (QED) is 0.718. The van der Waals surface area contributed by atoms with Crippen molar-refractivity contribution in [2.45, 2.75) is 30.2 Å². The summed E-state index contributed by atoms with van der Waals surface area (Å²) in [6.07, 6.45) is 4.28. The third-order valence-corrected chi connectivity index (χ3v) is 5.95. The highest BCUT2D eigenvalue weighted by Gasteiger charge is 2.35. The summed E-state index contributed by atoms with van der Waals surface area (Å²) in [6.45, 7) is 0.366. The summed E-state index contributed by atoms with van der Waals surface area (Å²) in [5.41, 5.74) is 2.01. The molecule has 2 N–H and O–H groups in total. The van der Waals surface area contributed by atoms with Crippen LogP contribution in [0.25, 0.3) is 0 Å². The minimum absolute atomic E-state index is 0.0471. The van der Waals surface area contributed by atoms with Crippen molar-refractivity contribution in [1.29, 1.82) is 0 Å². The average Bonchev–Trinajstić information content (AvgIpc) is 3.47. The summed E-state index contributed by atoms with van der Waals surface area (Å²) in [4.78, 5) is 39.9. The van der Waals surface area contributed by atoms with E-state index in [4.69, 9.17) is 0 Å². The van der Waals surface area contributed by atoms with Gasteiger partial charge in [0.15, 0.2) is 0 Å².